The number of hydroxylamine groups is 1. The van der Waals surface area contributed by atoms with Crippen molar-refractivity contribution in [1.29, 1.82) is 0 Å². The molecular formula is C14H25NO4. The topological polar surface area (TPSA) is 64.6 Å². The third-order valence-corrected chi connectivity index (χ3v) is 3.80. The van der Waals surface area contributed by atoms with Gasteiger partial charge in [0.15, 0.2) is 0 Å². The van der Waals surface area contributed by atoms with Crippen LogP contribution in [-0.4, -0.2) is 25.1 Å². The van der Waals surface area contributed by atoms with Gasteiger partial charge in [0.1, 0.15) is 0 Å². The monoisotopic (exact) mass is 271 g/mol. The Balaban J connectivity index is 2.15. The first kappa shape index (κ1) is 16.0. The Morgan fingerprint density at radius 2 is 1.89 bits per heavy atom. The van der Waals surface area contributed by atoms with Crippen molar-refractivity contribution in [2.45, 2.75) is 58.8 Å². The average Bonchev–Trinajstić information content (AvgIpc) is 2.88. The summed E-state index contributed by atoms with van der Waals surface area (Å²) in [7, 11) is 0. The predicted octanol–water partition coefficient (Wildman–Crippen LogP) is 2.35. The van der Waals surface area contributed by atoms with Gasteiger partial charge in [0, 0.05) is 13.0 Å². The van der Waals surface area contributed by atoms with E-state index < -0.39 is 0 Å². The molecule has 19 heavy (non-hydrogen) atoms. The highest BCUT2D eigenvalue weighted by Gasteiger charge is 2.41. The molecule has 0 bridgehead atoms. The van der Waals surface area contributed by atoms with Crippen molar-refractivity contribution >= 4 is 11.9 Å². The van der Waals surface area contributed by atoms with Crippen molar-refractivity contribution in [3.05, 3.63) is 0 Å². The van der Waals surface area contributed by atoms with Gasteiger partial charge in [-0.2, -0.15) is 5.48 Å². The van der Waals surface area contributed by atoms with Crippen LogP contribution in [0.5, 0.6) is 0 Å². The number of esters is 1. The summed E-state index contributed by atoms with van der Waals surface area (Å²) in [6.45, 7) is 4.70. The van der Waals surface area contributed by atoms with Gasteiger partial charge in [-0.1, -0.05) is 19.8 Å². The van der Waals surface area contributed by atoms with E-state index in [0.29, 0.717) is 26.0 Å². The molecule has 1 N–H and O–H groups in total. The molecule has 1 saturated carbocycles. The Kier molecular flexibility index (Phi) is 6.84. The van der Waals surface area contributed by atoms with Crippen molar-refractivity contribution in [2.75, 3.05) is 13.2 Å². The molecule has 0 aromatic carbocycles. The maximum absolute atomic E-state index is 12.0. The van der Waals surface area contributed by atoms with Crippen LogP contribution in [0.25, 0.3) is 0 Å². The smallest absolute Gasteiger partial charge is 0.330 e. The van der Waals surface area contributed by atoms with Crippen LogP contribution in [0, 0.1) is 5.41 Å². The SMILES string of the molecule is CCOC(=O)CCCNOC(=O)C1(CC)CCCC1. The second-order valence-electron chi connectivity index (χ2n) is 5.03. The minimum Gasteiger partial charge on any atom is -0.466 e. The lowest BCUT2D eigenvalue weighted by Crippen LogP contribution is -2.34. The van der Waals surface area contributed by atoms with E-state index in [1.165, 1.54) is 0 Å². The molecule has 0 atom stereocenters. The minimum atomic E-state index is -0.284. The molecule has 1 aliphatic carbocycles. The molecule has 0 heterocycles. The van der Waals surface area contributed by atoms with E-state index in [1.54, 1.807) is 6.92 Å². The summed E-state index contributed by atoms with van der Waals surface area (Å²) < 4.78 is 4.81. The van der Waals surface area contributed by atoms with E-state index >= 15 is 0 Å². The van der Waals surface area contributed by atoms with Gasteiger partial charge in [0.2, 0.25) is 0 Å². The van der Waals surface area contributed by atoms with Crippen LogP contribution >= 0.6 is 0 Å². The molecule has 1 rings (SSSR count). The van der Waals surface area contributed by atoms with E-state index in [4.69, 9.17) is 9.57 Å². The molecule has 1 fully saturated rings. The molecular weight excluding hydrogens is 246 g/mol. The first-order chi connectivity index (χ1) is 9.14. The van der Waals surface area contributed by atoms with Crippen LogP contribution in [-0.2, 0) is 19.2 Å². The maximum Gasteiger partial charge on any atom is 0.330 e. The zero-order chi connectivity index (χ0) is 14.1. The van der Waals surface area contributed by atoms with Crippen molar-refractivity contribution in [2.24, 2.45) is 5.41 Å². The number of hydrogen-bond acceptors (Lipinski definition) is 5. The zero-order valence-electron chi connectivity index (χ0n) is 12.0. The Morgan fingerprint density at radius 1 is 1.21 bits per heavy atom. The van der Waals surface area contributed by atoms with Crippen molar-refractivity contribution in [1.82, 2.24) is 5.48 Å². The van der Waals surface area contributed by atoms with Gasteiger partial charge in [-0.05, 0) is 32.6 Å². The van der Waals surface area contributed by atoms with Crippen LogP contribution in [0.1, 0.15) is 58.8 Å². The van der Waals surface area contributed by atoms with E-state index in [-0.39, 0.29) is 17.4 Å². The third-order valence-electron chi connectivity index (χ3n) is 3.80. The van der Waals surface area contributed by atoms with Gasteiger partial charge < -0.3 is 9.57 Å². The summed E-state index contributed by atoms with van der Waals surface area (Å²) in [5, 5.41) is 0. The molecule has 0 unspecified atom stereocenters. The number of ether oxygens (including phenoxy) is 1. The van der Waals surface area contributed by atoms with Gasteiger partial charge in [-0.15, -0.1) is 0 Å². The molecule has 0 spiro atoms. The first-order valence-corrected chi connectivity index (χ1v) is 7.24. The average molecular weight is 271 g/mol. The van der Waals surface area contributed by atoms with Gasteiger partial charge in [0.25, 0.3) is 0 Å². The van der Waals surface area contributed by atoms with Crippen molar-refractivity contribution in [3.8, 4) is 0 Å². The normalized spacial score (nSPS) is 17.2. The molecule has 0 amide bonds. The van der Waals surface area contributed by atoms with E-state index in [0.717, 1.165) is 32.1 Å². The summed E-state index contributed by atoms with van der Waals surface area (Å²) in [5.41, 5.74) is 2.38. The standard InChI is InChI=1S/C14H25NO4/c1-3-14(9-5-6-10-14)13(17)19-15-11-7-8-12(16)18-4-2/h15H,3-11H2,1-2H3. The summed E-state index contributed by atoms with van der Waals surface area (Å²) in [4.78, 5) is 28.2. The molecule has 0 aromatic heterocycles. The highest BCUT2D eigenvalue weighted by Crippen LogP contribution is 2.41. The molecule has 1 aliphatic rings. The number of rotatable bonds is 8. The van der Waals surface area contributed by atoms with E-state index in [9.17, 15) is 9.59 Å². The fourth-order valence-corrected chi connectivity index (χ4v) is 2.52. The number of nitrogens with one attached hydrogen (secondary N) is 1. The second-order valence-corrected chi connectivity index (χ2v) is 5.03. The number of carbonyl (C=O) groups excluding carboxylic acids is 2. The van der Waals surface area contributed by atoms with Crippen LogP contribution in [0.4, 0.5) is 0 Å². The van der Waals surface area contributed by atoms with Crippen LogP contribution < -0.4 is 5.48 Å². The van der Waals surface area contributed by atoms with Crippen LogP contribution in [0.3, 0.4) is 0 Å². The lowest BCUT2D eigenvalue weighted by Gasteiger charge is -2.24. The highest BCUT2D eigenvalue weighted by molar-refractivity contribution is 5.76. The molecule has 0 radical (unpaired) electrons. The van der Waals surface area contributed by atoms with Crippen molar-refractivity contribution in [3.63, 3.8) is 0 Å². The molecule has 0 aromatic rings. The molecule has 0 saturated heterocycles. The second kappa shape index (κ2) is 8.15. The molecule has 5 nitrogen and oxygen atoms in total. The lowest BCUT2D eigenvalue weighted by molar-refractivity contribution is -0.163. The Hall–Kier alpha value is -1.10. The number of hydrogen-bond donors (Lipinski definition) is 1. The zero-order valence-corrected chi connectivity index (χ0v) is 12.0. The van der Waals surface area contributed by atoms with Gasteiger partial charge in [0.05, 0.1) is 12.0 Å². The summed E-state index contributed by atoms with van der Waals surface area (Å²) >= 11 is 0. The highest BCUT2D eigenvalue weighted by atomic mass is 16.7. The Bertz CT molecular complexity index is 298. The van der Waals surface area contributed by atoms with Gasteiger partial charge in [-0.25, -0.2) is 4.79 Å². The summed E-state index contributed by atoms with van der Waals surface area (Å²) in [5.74, 6) is -0.361. The van der Waals surface area contributed by atoms with Crippen LogP contribution in [0.15, 0.2) is 0 Å². The van der Waals surface area contributed by atoms with Crippen molar-refractivity contribution < 1.29 is 19.2 Å². The molecule has 5 heteroatoms. The Labute approximate surface area is 115 Å². The molecule has 0 aliphatic heterocycles. The Morgan fingerprint density at radius 3 is 2.47 bits per heavy atom. The summed E-state index contributed by atoms with van der Waals surface area (Å²) in [6, 6.07) is 0. The predicted molar refractivity (Wildman–Crippen MR) is 71.2 cm³/mol. The quantitative estimate of drug-likeness (QED) is 0.417. The third kappa shape index (κ3) is 4.82. The summed E-state index contributed by atoms with van der Waals surface area (Å²) in [6.07, 6.45) is 5.83. The number of carbonyl (C=O) groups is 2. The fraction of sp³-hybridized carbons (Fsp3) is 0.857. The van der Waals surface area contributed by atoms with Gasteiger partial charge >= 0.3 is 11.9 Å². The minimum absolute atomic E-state index is 0.149. The van der Waals surface area contributed by atoms with E-state index in [2.05, 4.69) is 5.48 Å². The first-order valence-electron chi connectivity index (χ1n) is 7.24. The largest absolute Gasteiger partial charge is 0.466 e. The maximum atomic E-state index is 12.0. The fourth-order valence-electron chi connectivity index (χ4n) is 2.52. The van der Waals surface area contributed by atoms with Gasteiger partial charge in [-0.3, -0.25) is 4.79 Å². The lowest BCUT2D eigenvalue weighted by atomic mass is 9.84. The molecule has 110 valence electrons. The van der Waals surface area contributed by atoms with Crippen LogP contribution in [0.2, 0.25) is 0 Å². The van der Waals surface area contributed by atoms with E-state index in [1.807, 2.05) is 6.92 Å².